The van der Waals surface area contributed by atoms with Gasteiger partial charge in [0.15, 0.2) is 0 Å². The van der Waals surface area contributed by atoms with E-state index in [-0.39, 0.29) is 11.1 Å². The van der Waals surface area contributed by atoms with Crippen LogP contribution < -0.4 is 0 Å². The molecule has 84 valence electrons. The molecule has 1 aromatic carbocycles. The van der Waals surface area contributed by atoms with Crippen molar-refractivity contribution in [2.45, 2.75) is 13.1 Å². The Morgan fingerprint density at radius 2 is 2.00 bits per heavy atom. The molecule has 1 rings (SSSR count). The minimum atomic E-state index is -4.66. The number of carboxylic acids is 1. The summed E-state index contributed by atoms with van der Waals surface area (Å²) >= 11 is 0. The molecule has 0 radical (unpaired) electrons. The molecule has 0 aliphatic heterocycles. The van der Waals surface area contributed by atoms with Crippen LogP contribution in [0.3, 0.4) is 0 Å². The van der Waals surface area contributed by atoms with Gasteiger partial charge in [-0.05, 0) is 24.6 Å². The number of carboxylic acid groups (broad SMARTS) is 1. The van der Waals surface area contributed by atoms with Gasteiger partial charge in [0.2, 0.25) is 0 Å². The first-order valence-electron chi connectivity index (χ1n) is 4.13. The van der Waals surface area contributed by atoms with E-state index in [0.717, 1.165) is 6.07 Å². The standard InChI is InChI=1S/C10H6F3NO2/c1-5-6(9(15)16)2-3-8(7(5)4-14)10(11,12)13/h2-3H,1H3,(H,15,16). The minimum Gasteiger partial charge on any atom is -0.478 e. The van der Waals surface area contributed by atoms with E-state index in [1.54, 1.807) is 0 Å². The molecule has 0 amide bonds. The Hall–Kier alpha value is -2.03. The van der Waals surface area contributed by atoms with E-state index in [1.807, 2.05) is 0 Å². The predicted molar refractivity (Wildman–Crippen MR) is 47.9 cm³/mol. The lowest BCUT2D eigenvalue weighted by Gasteiger charge is -2.11. The molecule has 0 saturated heterocycles. The Balaban J connectivity index is 3.56. The third kappa shape index (κ3) is 1.98. The Labute approximate surface area is 88.7 Å². The summed E-state index contributed by atoms with van der Waals surface area (Å²) in [5.41, 5.74) is -2.24. The predicted octanol–water partition coefficient (Wildman–Crippen LogP) is 2.58. The summed E-state index contributed by atoms with van der Waals surface area (Å²) in [7, 11) is 0. The third-order valence-electron chi connectivity index (χ3n) is 2.11. The first-order valence-corrected chi connectivity index (χ1v) is 4.13. The van der Waals surface area contributed by atoms with Crippen molar-refractivity contribution >= 4 is 5.97 Å². The number of hydrogen-bond donors (Lipinski definition) is 1. The summed E-state index contributed by atoms with van der Waals surface area (Å²) in [6.07, 6.45) is -4.66. The highest BCUT2D eigenvalue weighted by Crippen LogP contribution is 2.33. The monoisotopic (exact) mass is 229 g/mol. The molecule has 3 nitrogen and oxygen atoms in total. The average molecular weight is 229 g/mol. The Morgan fingerprint density at radius 1 is 1.44 bits per heavy atom. The summed E-state index contributed by atoms with van der Waals surface area (Å²) in [6.45, 7) is 1.18. The molecule has 1 aromatic rings. The lowest BCUT2D eigenvalue weighted by Crippen LogP contribution is -2.11. The molecule has 0 saturated carbocycles. The van der Waals surface area contributed by atoms with Crippen LogP contribution in [-0.2, 0) is 6.18 Å². The molecule has 0 aliphatic rings. The zero-order valence-electron chi connectivity index (χ0n) is 8.09. The second-order valence-corrected chi connectivity index (χ2v) is 3.08. The van der Waals surface area contributed by atoms with Crippen molar-refractivity contribution in [1.82, 2.24) is 0 Å². The molecule has 1 N–H and O–H groups in total. The normalized spacial score (nSPS) is 10.9. The molecule has 6 heteroatoms. The SMILES string of the molecule is Cc1c(C(=O)O)ccc(C(F)(F)F)c1C#N. The number of aromatic carboxylic acids is 1. The van der Waals surface area contributed by atoms with E-state index in [2.05, 4.69) is 0 Å². The lowest BCUT2D eigenvalue weighted by molar-refractivity contribution is -0.137. The number of alkyl halides is 3. The number of benzene rings is 1. The van der Waals surface area contributed by atoms with Crippen LogP contribution in [-0.4, -0.2) is 11.1 Å². The van der Waals surface area contributed by atoms with Gasteiger partial charge in [0.25, 0.3) is 0 Å². The Morgan fingerprint density at radius 3 is 2.38 bits per heavy atom. The van der Waals surface area contributed by atoms with E-state index in [1.165, 1.54) is 13.0 Å². The second-order valence-electron chi connectivity index (χ2n) is 3.08. The van der Waals surface area contributed by atoms with Crippen molar-refractivity contribution in [2.75, 3.05) is 0 Å². The fourth-order valence-electron chi connectivity index (χ4n) is 1.32. The summed E-state index contributed by atoms with van der Waals surface area (Å²) < 4.78 is 37.3. The zero-order valence-corrected chi connectivity index (χ0v) is 8.09. The largest absolute Gasteiger partial charge is 0.478 e. The molecular weight excluding hydrogens is 223 g/mol. The molecule has 0 fully saturated rings. The quantitative estimate of drug-likeness (QED) is 0.804. The van der Waals surface area contributed by atoms with Crippen LogP contribution in [0.15, 0.2) is 12.1 Å². The van der Waals surface area contributed by atoms with Gasteiger partial charge in [-0.15, -0.1) is 0 Å². The fourth-order valence-corrected chi connectivity index (χ4v) is 1.32. The summed E-state index contributed by atoms with van der Waals surface area (Å²) in [5, 5.41) is 17.3. The van der Waals surface area contributed by atoms with E-state index >= 15 is 0 Å². The van der Waals surface area contributed by atoms with Gasteiger partial charge in [-0.1, -0.05) is 0 Å². The van der Waals surface area contributed by atoms with Crippen molar-refractivity contribution in [3.05, 3.63) is 34.4 Å². The van der Waals surface area contributed by atoms with Crippen LogP contribution in [0.1, 0.15) is 27.0 Å². The maximum Gasteiger partial charge on any atom is 0.417 e. The number of nitrogens with zero attached hydrogens (tertiary/aromatic N) is 1. The number of carbonyl (C=O) groups is 1. The fraction of sp³-hybridized carbons (Fsp3) is 0.200. The first-order chi connectivity index (χ1) is 7.29. The van der Waals surface area contributed by atoms with E-state index in [9.17, 15) is 18.0 Å². The van der Waals surface area contributed by atoms with Gasteiger partial charge < -0.3 is 5.11 Å². The van der Waals surface area contributed by atoms with Crippen molar-refractivity contribution in [2.24, 2.45) is 0 Å². The Bertz CT molecular complexity index is 486. The molecule has 16 heavy (non-hydrogen) atoms. The lowest BCUT2D eigenvalue weighted by atomic mass is 9.97. The van der Waals surface area contributed by atoms with Crippen LogP contribution >= 0.6 is 0 Å². The molecule has 0 aromatic heterocycles. The van der Waals surface area contributed by atoms with Gasteiger partial charge in [0, 0.05) is 0 Å². The Kier molecular flexibility index (Phi) is 2.90. The molecule has 0 bridgehead atoms. The average Bonchev–Trinajstić information content (AvgIpc) is 2.15. The summed E-state index contributed by atoms with van der Waals surface area (Å²) in [6, 6.07) is 2.84. The topological polar surface area (TPSA) is 61.1 Å². The van der Waals surface area contributed by atoms with Crippen LogP contribution in [0.4, 0.5) is 13.2 Å². The van der Waals surface area contributed by atoms with Gasteiger partial charge in [-0.2, -0.15) is 18.4 Å². The maximum absolute atomic E-state index is 12.4. The highest BCUT2D eigenvalue weighted by Gasteiger charge is 2.35. The molecule has 0 heterocycles. The molecule has 0 spiro atoms. The smallest absolute Gasteiger partial charge is 0.417 e. The minimum absolute atomic E-state index is 0.176. The number of halogens is 3. The first kappa shape index (κ1) is 12.0. The zero-order chi connectivity index (χ0) is 12.5. The van der Waals surface area contributed by atoms with Crippen LogP contribution in [0.5, 0.6) is 0 Å². The van der Waals surface area contributed by atoms with Crippen molar-refractivity contribution in [3.63, 3.8) is 0 Å². The van der Waals surface area contributed by atoms with Gasteiger partial charge in [-0.3, -0.25) is 0 Å². The molecule has 0 atom stereocenters. The van der Waals surface area contributed by atoms with Gasteiger partial charge in [0.05, 0.1) is 16.7 Å². The second kappa shape index (κ2) is 3.85. The van der Waals surface area contributed by atoms with Gasteiger partial charge in [-0.25, -0.2) is 4.79 Å². The molecular formula is C10H6F3NO2. The highest BCUT2D eigenvalue weighted by atomic mass is 19.4. The van der Waals surface area contributed by atoms with E-state index in [0.29, 0.717) is 6.07 Å². The molecule has 0 aliphatic carbocycles. The van der Waals surface area contributed by atoms with Crippen molar-refractivity contribution in [3.8, 4) is 6.07 Å². The number of nitriles is 1. The van der Waals surface area contributed by atoms with E-state index < -0.39 is 23.3 Å². The van der Waals surface area contributed by atoms with E-state index in [4.69, 9.17) is 10.4 Å². The number of hydrogen-bond acceptors (Lipinski definition) is 2. The van der Waals surface area contributed by atoms with Gasteiger partial charge >= 0.3 is 12.1 Å². The van der Waals surface area contributed by atoms with Crippen LogP contribution in [0.2, 0.25) is 0 Å². The molecule has 0 unspecified atom stereocenters. The van der Waals surface area contributed by atoms with Gasteiger partial charge in [0.1, 0.15) is 6.07 Å². The maximum atomic E-state index is 12.4. The third-order valence-corrected chi connectivity index (χ3v) is 2.11. The number of rotatable bonds is 1. The summed E-state index contributed by atoms with van der Waals surface area (Å²) in [4.78, 5) is 10.7. The van der Waals surface area contributed by atoms with Crippen LogP contribution in [0.25, 0.3) is 0 Å². The highest BCUT2D eigenvalue weighted by molar-refractivity contribution is 5.90. The van der Waals surface area contributed by atoms with Crippen molar-refractivity contribution in [1.29, 1.82) is 5.26 Å². The van der Waals surface area contributed by atoms with Crippen LogP contribution in [0, 0.1) is 18.3 Å². The summed E-state index contributed by atoms with van der Waals surface area (Å²) in [5.74, 6) is -1.36. The van der Waals surface area contributed by atoms with Crippen molar-refractivity contribution < 1.29 is 23.1 Å².